The lowest BCUT2D eigenvalue weighted by Crippen LogP contribution is -2.21. The Morgan fingerprint density at radius 2 is 1.20 bits per heavy atom. The lowest BCUT2D eigenvalue weighted by atomic mass is 9.91. The number of aliphatic imine (C=N–C) groups is 1. The van der Waals surface area contributed by atoms with E-state index in [4.69, 9.17) is 4.99 Å². The Bertz CT molecular complexity index is 1270. The van der Waals surface area contributed by atoms with Crippen molar-refractivity contribution >= 4 is 17.2 Å². The van der Waals surface area contributed by atoms with Crippen LogP contribution >= 0.6 is 0 Å². The molecule has 3 nitrogen and oxygen atoms in total. The fourth-order valence-electron chi connectivity index (χ4n) is 5.69. The standard InChI is InChI=1S/C37H53N3/c1-23(2)30-15-13-16-31(24(3)4)36(30)38-35(21-29-20-27(9)19-28(10)34(29)22-40(11)12)39-37-32(25(5)6)17-14-18-33(37)26(7)8/h13-20,23-26H,21-22H2,1-12H3,(H,38,39). The summed E-state index contributed by atoms with van der Waals surface area (Å²) in [6.45, 7) is 23.6. The van der Waals surface area contributed by atoms with Gasteiger partial charge >= 0.3 is 0 Å². The van der Waals surface area contributed by atoms with Crippen LogP contribution in [-0.2, 0) is 13.0 Å². The lowest BCUT2D eigenvalue weighted by Gasteiger charge is -2.24. The van der Waals surface area contributed by atoms with E-state index >= 15 is 0 Å². The summed E-state index contributed by atoms with van der Waals surface area (Å²) >= 11 is 0. The Hall–Kier alpha value is -2.91. The Morgan fingerprint density at radius 3 is 1.65 bits per heavy atom. The Balaban J connectivity index is 2.32. The van der Waals surface area contributed by atoms with Crippen LogP contribution in [0.2, 0.25) is 0 Å². The molecule has 0 aliphatic heterocycles. The van der Waals surface area contributed by atoms with Gasteiger partial charge in [0.15, 0.2) is 0 Å². The van der Waals surface area contributed by atoms with Gasteiger partial charge in [0.25, 0.3) is 0 Å². The molecule has 3 aromatic rings. The Labute approximate surface area is 245 Å². The monoisotopic (exact) mass is 539 g/mol. The summed E-state index contributed by atoms with van der Waals surface area (Å²) in [5.41, 5.74) is 13.0. The second kappa shape index (κ2) is 13.6. The topological polar surface area (TPSA) is 27.6 Å². The quantitative estimate of drug-likeness (QED) is 0.205. The number of rotatable bonds is 10. The van der Waals surface area contributed by atoms with E-state index in [2.05, 4.69) is 142 Å². The summed E-state index contributed by atoms with van der Waals surface area (Å²) in [6, 6.07) is 18.1. The summed E-state index contributed by atoms with van der Waals surface area (Å²) < 4.78 is 0. The van der Waals surface area contributed by atoms with Gasteiger partial charge in [0.05, 0.1) is 5.69 Å². The van der Waals surface area contributed by atoms with Crippen LogP contribution in [0.25, 0.3) is 0 Å². The van der Waals surface area contributed by atoms with Crippen LogP contribution in [0.15, 0.2) is 53.5 Å². The van der Waals surface area contributed by atoms with E-state index in [-0.39, 0.29) is 0 Å². The molecule has 0 bridgehead atoms. The van der Waals surface area contributed by atoms with Crippen LogP contribution in [-0.4, -0.2) is 24.8 Å². The van der Waals surface area contributed by atoms with Gasteiger partial charge in [-0.3, -0.25) is 0 Å². The van der Waals surface area contributed by atoms with Crippen molar-refractivity contribution in [1.82, 2.24) is 4.90 Å². The van der Waals surface area contributed by atoms with Crippen molar-refractivity contribution in [1.29, 1.82) is 0 Å². The largest absolute Gasteiger partial charge is 0.343 e. The molecule has 0 heterocycles. The zero-order valence-corrected chi connectivity index (χ0v) is 27.2. The van der Waals surface area contributed by atoms with Crippen LogP contribution in [0.5, 0.6) is 0 Å². The molecule has 0 radical (unpaired) electrons. The highest BCUT2D eigenvalue weighted by Gasteiger charge is 2.20. The van der Waals surface area contributed by atoms with Crippen LogP contribution in [0.3, 0.4) is 0 Å². The van der Waals surface area contributed by atoms with E-state index in [0.717, 1.165) is 24.5 Å². The first-order chi connectivity index (χ1) is 18.8. The molecule has 1 N–H and O–H groups in total. The number of para-hydroxylation sites is 2. The van der Waals surface area contributed by atoms with Crippen molar-refractivity contribution in [3.8, 4) is 0 Å². The zero-order valence-electron chi connectivity index (χ0n) is 27.2. The molecule has 216 valence electrons. The number of aryl methyl sites for hydroxylation is 2. The fourth-order valence-corrected chi connectivity index (χ4v) is 5.69. The van der Waals surface area contributed by atoms with Crippen molar-refractivity contribution in [2.24, 2.45) is 4.99 Å². The average molecular weight is 540 g/mol. The normalized spacial score (nSPS) is 12.5. The summed E-state index contributed by atoms with van der Waals surface area (Å²) in [4.78, 5) is 7.83. The highest BCUT2D eigenvalue weighted by Crippen LogP contribution is 2.37. The second-order valence-electron chi connectivity index (χ2n) is 13.0. The van der Waals surface area contributed by atoms with Gasteiger partial charge in [0.1, 0.15) is 5.84 Å². The smallest absolute Gasteiger partial charge is 0.111 e. The van der Waals surface area contributed by atoms with Crippen LogP contribution < -0.4 is 5.32 Å². The van der Waals surface area contributed by atoms with Gasteiger partial charge in [-0.15, -0.1) is 0 Å². The number of nitrogens with one attached hydrogen (secondary N) is 1. The molecule has 0 aliphatic carbocycles. The highest BCUT2D eigenvalue weighted by atomic mass is 15.1. The van der Waals surface area contributed by atoms with Crippen molar-refractivity contribution in [2.45, 2.75) is 106 Å². The molecular weight excluding hydrogens is 486 g/mol. The van der Waals surface area contributed by atoms with Crippen molar-refractivity contribution in [3.05, 3.63) is 93.0 Å². The minimum absolute atomic E-state index is 0.387. The Morgan fingerprint density at radius 1 is 0.725 bits per heavy atom. The third-order valence-electron chi connectivity index (χ3n) is 7.77. The zero-order chi connectivity index (χ0) is 29.7. The predicted molar refractivity (Wildman–Crippen MR) is 177 cm³/mol. The molecule has 0 atom stereocenters. The lowest BCUT2D eigenvalue weighted by molar-refractivity contribution is 0.400. The molecular formula is C37H53N3. The maximum absolute atomic E-state index is 5.56. The van der Waals surface area contributed by atoms with Gasteiger partial charge < -0.3 is 10.2 Å². The van der Waals surface area contributed by atoms with Crippen LogP contribution in [0, 0.1) is 13.8 Å². The molecule has 0 amide bonds. The molecule has 0 fully saturated rings. The SMILES string of the molecule is Cc1cc(C)c(CN(C)C)c(CC(=Nc2c(C(C)C)cccc2C(C)C)Nc2c(C(C)C)cccc2C(C)C)c1. The molecule has 0 spiro atoms. The maximum Gasteiger partial charge on any atom is 0.111 e. The number of nitrogens with zero attached hydrogens (tertiary/aromatic N) is 2. The second-order valence-corrected chi connectivity index (χ2v) is 13.0. The maximum atomic E-state index is 5.56. The van der Waals surface area contributed by atoms with Crippen molar-refractivity contribution < 1.29 is 0 Å². The fraction of sp³-hybridized carbons (Fsp3) is 0.486. The molecule has 3 aromatic carbocycles. The van der Waals surface area contributed by atoms with Gasteiger partial charge in [-0.25, -0.2) is 4.99 Å². The van der Waals surface area contributed by atoms with Gasteiger partial charge in [0, 0.05) is 18.7 Å². The summed E-state index contributed by atoms with van der Waals surface area (Å²) in [6.07, 6.45) is 0.750. The number of anilines is 1. The molecule has 0 unspecified atom stereocenters. The number of benzene rings is 3. The summed E-state index contributed by atoms with van der Waals surface area (Å²) in [5, 5.41) is 3.96. The van der Waals surface area contributed by atoms with Crippen LogP contribution in [0.1, 0.15) is 124 Å². The Kier molecular flexibility index (Phi) is 10.8. The molecule has 0 saturated carbocycles. The first-order valence-corrected chi connectivity index (χ1v) is 15.1. The third-order valence-corrected chi connectivity index (χ3v) is 7.77. The van der Waals surface area contributed by atoms with E-state index in [1.807, 2.05) is 0 Å². The van der Waals surface area contributed by atoms with Gasteiger partial charge in [-0.1, -0.05) is 109 Å². The van der Waals surface area contributed by atoms with Gasteiger partial charge in [-0.2, -0.15) is 0 Å². The molecule has 3 rings (SSSR count). The van der Waals surface area contributed by atoms with Gasteiger partial charge in [0.2, 0.25) is 0 Å². The van der Waals surface area contributed by atoms with Crippen molar-refractivity contribution in [2.75, 3.05) is 19.4 Å². The average Bonchev–Trinajstić information content (AvgIpc) is 2.85. The van der Waals surface area contributed by atoms with Crippen LogP contribution in [0.4, 0.5) is 11.4 Å². The van der Waals surface area contributed by atoms with E-state index in [0.29, 0.717) is 23.7 Å². The molecule has 0 saturated heterocycles. The summed E-state index contributed by atoms with van der Waals surface area (Å²) in [7, 11) is 4.30. The minimum atomic E-state index is 0.387. The molecule has 0 aliphatic rings. The third kappa shape index (κ3) is 7.63. The number of hydrogen-bond donors (Lipinski definition) is 1. The molecule has 3 heteroatoms. The molecule has 40 heavy (non-hydrogen) atoms. The van der Waals surface area contributed by atoms with E-state index in [9.17, 15) is 0 Å². The first kappa shape index (κ1) is 31.6. The van der Waals surface area contributed by atoms with Gasteiger partial charge in [-0.05, 0) is 90.6 Å². The first-order valence-electron chi connectivity index (χ1n) is 15.1. The van der Waals surface area contributed by atoms with E-state index < -0.39 is 0 Å². The minimum Gasteiger partial charge on any atom is -0.343 e. The number of amidine groups is 1. The van der Waals surface area contributed by atoms with Crippen molar-refractivity contribution in [3.63, 3.8) is 0 Å². The van der Waals surface area contributed by atoms with E-state index in [1.54, 1.807) is 0 Å². The molecule has 0 aromatic heterocycles. The predicted octanol–water partition coefficient (Wildman–Crippen LogP) is 10.2. The highest BCUT2D eigenvalue weighted by molar-refractivity contribution is 6.00. The number of hydrogen-bond acceptors (Lipinski definition) is 2. The summed E-state index contributed by atoms with van der Waals surface area (Å²) in [5.74, 6) is 2.59. The van der Waals surface area contributed by atoms with E-state index in [1.165, 1.54) is 50.2 Å².